The Kier molecular flexibility index (Phi) is 2.68. The highest BCUT2D eigenvalue weighted by atomic mass is 16.5. The highest BCUT2D eigenvalue weighted by Gasteiger charge is 2.10. The van der Waals surface area contributed by atoms with E-state index in [1.54, 1.807) is 0 Å². The highest BCUT2D eigenvalue weighted by molar-refractivity contribution is 5.78. The van der Waals surface area contributed by atoms with Gasteiger partial charge in [-0.05, 0) is 0 Å². The normalized spacial score (nSPS) is 19.1. The quantitative estimate of drug-likeness (QED) is 0.432. The predicted molar refractivity (Wildman–Crippen MR) is 40.4 cm³/mol. The van der Waals surface area contributed by atoms with Gasteiger partial charge >= 0.3 is 0 Å². The molecule has 0 spiro atoms. The van der Waals surface area contributed by atoms with E-state index in [-0.39, 0.29) is 0 Å². The van der Waals surface area contributed by atoms with Crippen molar-refractivity contribution < 1.29 is 4.74 Å². The first-order chi connectivity index (χ1) is 4.84. The Morgan fingerprint density at radius 1 is 1.50 bits per heavy atom. The Hall–Kier alpha value is -0.570. The second-order valence-electron chi connectivity index (χ2n) is 2.40. The fourth-order valence-electron chi connectivity index (χ4n) is 1.06. The molecule has 0 atom stereocenters. The molecule has 0 aromatic rings. The molecule has 1 N–H and O–H groups in total. The van der Waals surface area contributed by atoms with Gasteiger partial charge in [0.25, 0.3) is 0 Å². The van der Waals surface area contributed by atoms with Gasteiger partial charge in [-0.25, -0.2) is 0 Å². The molecule has 0 bridgehead atoms. The molecule has 10 heavy (non-hydrogen) atoms. The van der Waals surface area contributed by atoms with E-state index in [0.29, 0.717) is 0 Å². The molecule has 0 aliphatic carbocycles. The number of hydrogen-bond donors (Lipinski definition) is 1. The van der Waals surface area contributed by atoms with Crippen LogP contribution in [0.5, 0.6) is 0 Å². The molecular weight excluding hydrogens is 128 g/mol. The highest BCUT2D eigenvalue weighted by Crippen LogP contribution is 1.99. The van der Waals surface area contributed by atoms with Crippen LogP contribution in [0.1, 0.15) is 13.3 Å². The van der Waals surface area contributed by atoms with Crippen LogP contribution in [-0.4, -0.2) is 37.0 Å². The molecule has 1 aliphatic heterocycles. The second kappa shape index (κ2) is 3.56. The summed E-state index contributed by atoms with van der Waals surface area (Å²) < 4.78 is 5.16. The number of nitrogens with one attached hydrogen (secondary N) is 1. The van der Waals surface area contributed by atoms with Crippen molar-refractivity contribution >= 4 is 5.84 Å². The van der Waals surface area contributed by atoms with E-state index in [4.69, 9.17) is 10.1 Å². The van der Waals surface area contributed by atoms with Crippen LogP contribution in [-0.2, 0) is 4.74 Å². The first-order valence-corrected chi connectivity index (χ1v) is 3.74. The zero-order chi connectivity index (χ0) is 7.40. The molecule has 1 fully saturated rings. The van der Waals surface area contributed by atoms with Gasteiger partial charge in [0.1, 0.15) is 0 Å². The van der Waals surface area contributed by atoms with Gasteiger partial charge in [-0.3, -0.25) is 5.41 Å². The first kappa shape index (κ1) is 7.54. The minimum Gasteiger partial charge on any atom is -0.378 e. The van der Waals surface area contributed by atoms with Crippen LogP contribution in [0.2, 0.25) is 0 Å². The predicted octanol–water partition coefficient (Wildman–Crippen LogP) is 0.706. The molecule has 0 unspecified atom stereocenters. The maximum Gasteiger partial charge on any atom is 0.0956 e. The Labute approximate surface area is 61.5 Å². The van der Waals surface area contributed by atoms with Crippen LogP contribution in [0.25, 0.3) is 0 Å². The molecule has 1 saturated heterocycles. The van der Waals surface area contributed by atoms with Gasteiger partial charge in [-0.2, -0.15) is 0 Å². The van der Waals surface area contributed by atoms with E-state index in [0.717, 1.165) is 38.6 Å². The van der Waals surface area contributed by atoms with E-state index < -0.39 is 0 Å². The molecule has 0 saturated carbocycles. The summed E-state index contributed by atoms with van der Waals surface area (Å²) in [5, 5.41) is 7.50. The van der Waals surface area contributed by atoms with Crippen LogP contribution in [0.3, 0.4) is 0 Å². The van der Waals surface area contributed by atoms with Gasteiger partial charge in [0.2, 0.25) is 0 Å². The summed E-state index contributed by atoms with van der Waals surface area (Å²) in [6.45, 7) is 5.36. The fourth-order valence-corrected chi connectivity index (χ4v) is 1.06. The summed E-state index contributed by atoms with van der Waals surface area (Å²) in [5.41, 5.74) is 0. The van der Waals surface area contributed by atoms with Crippen LogP contribution in [0.15, 0.2) is 0 Å². The summed E-state index contributed by atoms with van der Waals surface area (Å²) in [7, 11) is 0. The van der Waals surface area contributed by atoms with Gasteiger partial charge in [0.15, 0.2) is 0 Å². The third kappa shape index (κ3) is 1.70. The van der Waals surface area contributed by atoms with E-state index >= 15 is 0 Å². The van der Waals surface area contributed by atoms with E-state index in [9.17, 15) is 0 Å². The number of nitrogens with zero attached hydrogens (tertiary/aromatic N) is 1. The second-order valence-corrected chi connectivity index (χ2v) is 2.40. The van der Waals surface area contributed by atoms with Gasteiger partial charge < -0.3 is 9.64 Å². The zero-order valence-electron chi connectivity index (χ0n) is 6.39. The number of rotatable bonds is 1. The minimum absolute atomic E-state index is 0.739. The SMILES string of the molecule is CCC(=N)N1CCOCC1. The number of morpholine rings is 1. The molecule has 3 heteroatoms. The van der Waals surface area contributed by atoms with E-state index in [1.807, 2.05) is 6.92 Å². The molecular formula is C7H14N2O. The number of amidine groups is 1. The Morgan fingerprint density at radius 3 is 2.60 bits per heavy atom. The minimum atomic E-state index is 0.739. The Bertz CT molecular complexity index is 119. The third-order valence-corrected chi connectivity index (χ3v) is 1.73. The molecule has 0 amide bonds. The molecule has 0 aromatic heterocycles. The maximum absolute atomic E-state index is 7.50. The number of hydrogen-bond acceptors (Lipinski definition) is 2. The maximum atomic E-state index is 7.50. The molecule has 1 rings (SSSR count). The zero-order valence-corrected chi connectivity index (χ0v) is 6.39. The topological polar surface area (TPSA) is 36.3 Å². The van der Waals surface area contributed by atoms with Crippen molar-refractivity contribution in [2.45, 2.75) is 13.3 Å². The third-order valence-electron chi connectivity index (χ3n) is 1.73. The van der Waals surface area contributed by atoms with Crippen LogP contribution < -0.4 is 0 Å². The van der Waals surface area contributed by atoms with Crippen LogP contribution in [0, 0.1) is 5.41 Å². The summed E-state index contributed by atoms with van der Waals surface area (Å²) in [6.07, 6.45) is 0.833. The van der Waals surface area contributed by atoms with Gasteiger partial charge in [-0.15, -0.1) is 0 Å². The molecule has 0 radical (unpaired) electrons. The van der Waals surface area contributed by atoms with Gasteiger partial charge in [-0.1, -0.05) is 6.92 Å². The van der Waals surface area contributed by atoms with Crippen molar-refractivity contribution in [3.05, 3.63) is 0 Å². The lowest BCUT2D eigenvalue weighted by atomic mass is 10.3. The Morgan fingerprint density at radius 2 is 2.10 bits per heavy atom. The molecule has 1 heterocycles. The van der Waals surface area contributed by atoms with Crippen molar-refractivity contribution in [2.24, 2.45) is 0 Å². The van der Waals surface area contributed by atoms with Crippen LogP contribution in [0.4, 0.5) is 0 Å². The van der Waals surface area contributed by atoms with Crippen molar-refractivity contribution in [1.82, 2.24) is 4.90 Å². The van der Waals surface area contributed by atoms with Crippen molar-refractivity contribution in [3.63, 3.8) is 0 Å². The lowest BCUT2D eigenvalue weighted by Crippen LogP contribution is -2.39. The van der Waals surface area contributed by atoms with Gasteiger partial charge in [0, 0.05) is 19.5 Å². The first-order valence-electron chi connectivity index (χ1n) is 3.74. The average Bonchev–Trinajstić information content (AvgIpc) is 2.05. The summed E-state index contributed by atoms with van der Waals surface area (Å²) in [6, 6.07) is 0. The molecule has 3 nitrogen and oxygen atoms in total. The smallest absolute Gasteiger partial charge is 0.0956 e. The average molecular weight is 142 g/mol. The van der Waals surface area contributed by atoms with Crippen molar-refractivity contribution in [2.75, 3.05) is 26.3 Å². The van der Waals surface area contributed by atoms with Crippen molar-refractivity contribution in [1.29, 1.82) is 5.41 Å². The van der Waals surface area contributed by atoms with E-state index in [1.165, 1.54) is 0 Å². The largest absolute Gasteiger partial charge is 0.378 e. The lowest BCUT2D eigenvalue weighted by molar-refractivity contribution is 0.0669. The van der Waals surface area contributed by atoms with E-state index in [2.05, 4.69) is 4.90 Å². The van der Waals surface area contributed by atoms with Crippen molar-refractivity contribution in [3.8, 4) is 0 Å². The lowest BCUT2D eigenvalue weighted by Gasteiger charge is -2.28. The Balaban J connectivity index is 2.31. The fraction of sp³-hybridized carbons (Fsp3) is 0.857. The molecule has 1 aliphatic rings. The monoisotopic (exact) mass is 142 g/mol. The molecule has 58 valence electrons. The number of ether oxygens (including phenoxy) is 1. The standard InChI is InChI=1S/C7H14N2O/c1-2-7(8)9-3-5-10-6-4-9/h8H,2-6H2,1H3. The summed E-state index contributed by atoms with van der Waals surface area (Å²) in [5.74, 6) is 0.739. The molecule has 0 aromatic carbocycles. The van der Waals surface area contributed by atoms with Crippen LogP contribution >= 0.6 is 0 Å². The summed E-state index contributed by atoms with van der Waals surface area (Å²) >= 11 is 0. The summed E-state index contributed by atoms with van der Waals surface area (Å²) in [4.78, 5) is 2.07. The van der Waals surface area contributed by atoms with Gasteiger partial charge in [0.05, 0.1) is 19.0 Å².